The molecule has 0 bridgehead atoms. The van der Waals surface area contributed by atoms with Gasteiger partial charge in [-0.1, -0.05) is 30.7 Å². The van der Waals surface area contributed by atoms with Crippen molar-refractivity contribution in [2.24, 2.45) is 11.7 Å². The normalized spacial score (nSPS) is 33.4. The Kier molecular flexibility index (Phi) is 1.67. The van der Waals surface area contributed by atoms with E-state index in [2.05, 4.69) is 6.92 Å². The van der Waals surface area contributed by atoms with Gasteiger partial charge in [0.1, 0.15) is 0 Å². The summed E-state index contributed by atoms with van der Waals surface area (Å²) in [6.45, 7) is 2.18. The maximum atomic E-state index is 6.12. The summed E-state index contributed by atoms with van der Waals surface area (Å²) in [6, 6.07) is 7.84. The fourth-order valence-electron chi connectivity index (χ4n) is 1.61. The van der Waals surface area contributed by atoms with E-state index in [1.807, 2.05) is 24.3 Å². The molecule has 64 valence electrons. The second-order valence-electron chi connectivity index (χ2n) is 3.65. The summed E-state index contributed by atoms with van der Waals surface area (Å²) in [6.07, 6.45) is 1.09. The molecule has 1 saturated carbocycles. The summed E-state index contributed by atoms with van der Waals surface area (Å²) in [4.78, 5) is 0. The Morgan fingerprint density at radius 1 is 1.42 bits per heavy atom. The van der Waals surface area contributed by atoms with Crippen molar-refractivity contribution in [3.8, 4) is 0 Å². The summed E-state index contributed by atoms with van der Waals surface area (Å²) in [5.41, 5.74) is 7.26. The fourth-order valence-corrected chi connectivity index (χ4v) is 1.74. The third-order valence-electron chi connectivity index (χ3n) is 2.74. The van der Waals surface area contributed by atoms with Crippen LogP contribution in [0.15, 0.2) is 24.3 Å². The molecule has 0 amide bonds. The molecule has 2 rings (SSSR count). The van der Waals surface area contributed by atoms with Crippen LogP contribution in [0.25, 0.3) is 0 Å². The van der Waals surface area contributed by atoms with E-state index in [0.29, 0.717) is 5.92 Å². The van der Waals surface area contributed by atoms with Crippen molar-refractivity contribution < 1.29 is 0 Å². The molecular weight excluding hydrogens is 170 g/mol. The van der Waals surface area contributed by atoms with Crippen LogP contribution in [0.4, 0.5) is 0 Å². The van der Waals surface area contributed by atoms with Crippen molar-refractivity contribution in [2.45, 2.75) is 18.9 Å². The molecule has 1 aliphatic rings. The highest BCUT2D eigenvalue weighted by atomic mass is 35.5. The van der Waals surface area contributed by atoms with E-state index < -0.39 is 0 Å². The molecule has 2 heteroatoms. The van der Waals surface area contributed by atoms with Crippen LogP contribution in [-0.4, -0.2) is 0 Å². The van der Waals surface area contributed by atoms with Gasteiger partial charge in [0.2, 0.25) is 0 Å². The average molecular weight is 182 g/mol. The van der Waals surface area contributed by atoms with Crippen molar-refractivity contribution in [2.75, 3.05) is 0 Å². The van der Waals surface area contributed by atoms with Gasteiger partial charge in [-0.05, 0) is 30.0 Å². The lowest BCUT2D eigenvalue weighted by atomic mass is 10.0. The fraction of sp³-hybridized carbons (Fsp3) is 0.400. The predicted molar refractivity (Wildman–Crippen MR) is 51.1 cm³/mol. The smallest absolute Gasteiger partial charge is 0.0439 e. The van der Waals surface area contributed by atoms with E-state index in [4.69, 9.17) is 17.3 Å². The number of benzene rings is 1. The van der Waals surface area contributed by atoms with Gasteiger partial charge in [-0.3, -0.25) is 0 Å². The largest absolute Gasteiger partial charge is 0.321 e. The second kappa shape index (κ2) is 2.48. The van der Waals surface area contributed by atoms with Crippen LogP contribution in [0.3, 0.4) is 0 Å². The summed E-state index contributed by atoms with van der Waals surface area (Å²) in [5, 5.41) is 0.774. The third-order valence-corrected chi connectivity index (χ3v) is 3.00. The first-order valence-corrected chi connectivity index (χ1v) is 4.55. The Morgan fingerprint density at radius 2 is 1.92 bits per heavy atom. The Morgan fingerprint density at radius 3 is 2.33 bits per heavy atom. The van der Waals surface area contributed by atoms with Crippen LogP contribution >= 0.6 is 11.6 Å². The first kappa shape index (κ1) is 8.09. The summed E-state index contributed by atoms with van der Waals surface area (Å²) < 4.78 is 0. The van der Waals surface area contributed by atoms with Crippen LogP contribution in [0.5, 0.6) is 0 Å². The zero-order chi connectivity index (χ0) is 8.77. The van der Waals surface area contributed by atoms with Crippen molar-refractivity contribution in [3.63, 3.8) is 0 Å². The maximum Gasteiger partial charge on any atom is 0.0439 e. The minimum Gasteiger partial charge on any atom is -0.321 e. The summed E-state index contributed by atoms with van der Waals surface area (Å²) >= 11 is 5.78. The Hall–Kier alpha value is -0.530. The predicted octanol–water partition coefficient (Wildman–Crippen LogP) is 2.53. The van der Waals surface area contributed by atoms with Crippen LogP contribution in [0.2, 0.25) is 5.02 Å². The molecule has 1 aromatic carbocycles. The lowest BCUT2D eigenvalue weighted by Crippen LogP contribution is -2.21. The highest BCUT2D eigenvalue weighted by Gasteiger charge is 2.48. The zero-order valence-electron chi connectivity index (χ0n) is 7.05. The van der Waals surface area contributed by atoms with Gasteiger partial charge in [-0.15, -0.1) is 0 Å². The van der Waals surface area contributed by atoms with Crippen LogP contribution < -0.4 is 5.73 Å². The molecule has 1 fully saturated rings. The van der Waals surface area contributed by atoms with Gasteiger partial charge in [-0.2, -0.15) is 0 Å². The third kappa shape index (κ3) is 1.13. The van der Waals surface area contributed by atoms with Gasteiger partial charge >= 0.3 is 0 Å². The highest BCUT2D eigenvalue weighted by Crippen LogP contribution is 2.49. The van der Waals surface area contributed by atoms with Crippen molar-refractivity contribution in [3.05, 3.63) is 34.9 Å². The van der Waals surface area contributed by atoms with Crippen molar-refractivity contribution >= 4 is 11.6 Å². The van der Waals surface area contributed by atoms with Crippen LogP contribution in [0, 0.1) is 5.92 Å². The van der Waals surface area contributed by atoms with Crippen LogP contribution in [-0.2, 0) is 5.54 Å². The SMILES string of the molecule is CC1CC1(N)c1ccc(Cl)cc1. The molecule has 0 heterocycles. The van der Waals surface area contributed by atoms with E-state index >= 15 is 0 Å². The van der Waals surface area contributed by atoms with Crippen molar-refractivity contribution in [1.82, 2.24) is 0 Å². The minimum absolute atomic E-state index is 0.0649. The van der Waals surface area contributed by atoms with E-state index in [1.54, 1.807) is 0 Å². The van der Waals surface area contributed by atoms with Crippen LogP contribution in [0.1, 0.15) is 18.9 Å². The van der Waals surface area contributed by atoms with E-state index in [-0.39, 0.29) is 5.54 Å². The number of rotatable bonds is 1. The molecule has 2 atom stereocenters. The molecule has 1 nitrogen and oxygen atoms in total. The first-order valence-electron chi connectivity index (χ1n) is 4.18. The number of hydrogen-bond donors (Lipinski definition) is 1. The average Bonchev–Trinajstić information content (AvgIpc) is 2.62. The number of hydrogen-bond acceptors (Lipinski definition) is 1. The van der Waals surface area contributed by atoms with Gasteiger partial charge in [0.05, 0.1) is 0 Å². The Bertz CT molecular complexity index is 293. The van der Waals surface area contributed by atoms with E-state index in [9.17, 15) is 0 Å². The monoisotopic (exact) mass is 181 g/mol. The van der Waals surface area contributed by atoms with Gasteiger partial charge in [-0.25, -0.2) is 0 Å². The maximum absolute atomic E-state index is 6.12. The molecule has 0 spiro atoms. The molecule has 0 aromatic heterocycles. The number of nitrogens with two attached hydrogens (primary N) is 1. The minimum atomic E-state index is -0.0649. The quantitative estimate of drug-likeness (QED) is 0.708. The molecule has 1 aromatic rings. The summed E-state index contributed by atoms with van der Waals surface area (Å²) in [7, 11) is 0. The van der Waals surface area contributed by atoms with Gasteiger partial charge < -0.3 is 5.73 Å². The Labute approximate surface area is 77.5 Å². The second-order valence-corrected chi connectivity index (χ2v) is 4.09. The van der Waals surface area contributed by atoms with Gasteiger partial charge in [0, 0.05) is 10.6 Å². The molecule has 1 aliphatic carbocycles. The topological polar surface area (TPSA) is 26.0 Å². The molecule has 0 saturated heterocycles. The molecule has 2 unspecified atom stereocenters. The van der Waals surface area contributed by atoms with E-state index in [0.717, 1.165) is 11.4 Å². The Balaban J connectivity index is 2.31. The molecule has 0 aliphatic heterocycles. The molecule has 2 N–H and O–H groups in total. The number of halogens is 1. The molecule has 0 radical (unpaired) electrons. The zero-order valence-corrected chi connectivity index (χ0v) is 7.81. The summed E-state index contributed by atoms with van der Waals surface area (Å²) in [5.74, 6) is 0.610. The van der Waals surface area contributed by atoms with E-state index in [1.165, 1.54) is 5.56 Å². The molecule has 12 heavy (non-hydrogen) atoms. The lowest BCUT2D eigenvalue weighted by molar-refractivity contribution is 0.665. The highest BCUT2D eigenvalue weighted by molar-refractivity contribution is 6.30. The lowest BCUT2D eigenvalue weighted by Gasteiger charge is -2.09. The van der Waals surface area contributed by atoms with Gasteiger partial charge in [0.25, 0.3) is 0 Å². The molecular formula is C10H12ClN. The standard InChI is InChI=1S/C10H12ClN/c1-7-6-10(7,12)8-2-4-9(11)5-3-8/h2-5,7H,6,12H2,1H3. The van der Waals surface area contributed by atoms with Gasteiger partial charge in [0.15, 0.2) is 0 Å². The first-order chi connectivity index (χ1) is 5.63. The van der Waals surface area contributed by atoms with Crippen molar-refractivity contribution in [1.29, 1.82) is 0 Å².